The van der Waals surface area contributed by atoms with Crippen molar-refractivity contribution >= 4 is 0 Å². The van der Waals surface area contributed by atoms with Gasteiger partial charge in [0.05, 0.1) is 0 Å². The molecule has 0 aliphatic carbocycles. The highest BCUT2D eigenvalue weighted by Gasteiger charge is 2.27. The highest BCUT2D eigenvalue weighted by atomic mass is 15.2. The molecule has 1 rings (SSSR count). The Bertz CT molecular complexity index is 88.9. The van der Waals surface area contributed by atoms with Crippen LogP contribution in [0.3, 0.4) is 0 Å². The molecule has 0 bridgehead atoms. The molecular formula is C7H18N2. The summed E-state index contributed by atoms with van der Waals surface area (Å²) >= 11 is 0. The standard InChI is InChI=1S/C7H15N.H3N/c1-7(2)5-4-6-8(7)3;/h4-6H2,1-3H3;1H3. The fourth-order valence-corrected chi connectivity index (χ4v) is 1.24. The molecule has 2 heteroatoms. The fourth-order valence-electron chi connectivity index (χ4n) is 1.24. The van der Waals surface area contributed by atoms with Crippen LogP contribution in [0.1, 0.15) is 26.7 Å². The topological polar surface area (TPSA) is 38.2 Å². The summed E-state index contributed by atoms with van der Waals surface area (Å²) in [5.41, 5.74) is 0.486. The van der Waals surface area contributed by atoms with Crippen LogP contribution in [0.5, 0.6) is 0 Å². The van der Waals surface area contributed by atoms with Crippen LogP contribution in [0.4, 0.5) is 0 Å². The minimum absolute atomic E-state index is 0. The summed E-state index contributed by atoms with van der Waals surface area (Å²) in [6, 6.07) is 0. The number of nitrogens with zero attached hydrogens (tertiary/aromatic N) is 1. The largest absolute Gasteiger partial charge is 0.344 e. The van der Waals surface area contributed by atoms with Crippen molar-refractivity contribution < 1.29 is 0 Å². The summed E-state index contributed by atoms with van der Waals surface area (Å²) in [4.78, 5) is 2.42. The van der Waals surface area contributed by atoms with Gasteiger partial charge in [0, 0.05) is 5.54 Å². The SMILES string of the molecule is CN1CCCC1(C)C.N. The third kappa shape index (κ3) is 1.66. The van der Waals surface area contributed by atoms with Gasteiger partial charge in [-0.3, -0.25) is 0 Å². The lowest BCUT2D eigenvalue weighted by molar-refractivity contribution is 0.218. The molecule has 56 valence electrons. The lowest BCUT2D eigenvalue weighted by atomic mass is 10.0. The van der Waals surface area contributed by atoms with E-state index in [9.17, 15) is 0 Å². The second kappa shape index (κ2) is 2.67. The van der Waals surface area contributed by atoms with E-state index < -0.39 is 0 Å². The van der Waals surface area contributed by atoms with E-state index >= 15 is 0 Å². The quantitative estimate of drug-likeness (QED) is 0.541. The number of rotatable bonds is 0. The Morgan fingerprint density at radius 1 is 1.33 bits per heavy atom. The lowest BCUT2D eigenvalue weighted by Gasteiger charge is -2.26. The summed E-state index contributed by atoms with van der Waals surface area (Å²) in [6.45, 7) is 5.90. The predicted octanol–water partition coefficient (Wildman–Crippen LogP) is 1.65. The zero-order valence-corrected chi connectivity index (χ0v) is 6.78. The van der Waals surface area contributed by atoms with Crippen molar-refractivity contribution in [2.24, 2.45) is 0 Å². The highest BCUT2D eigenvalue weighted by Crippen LogP contribution is 2.25. The third-order valence-electron chi connectivity index (χ3n) is 2.32. The van der Waals surface area contributed by atoms with Crippen LogP contribution < -0.4 is 6.15 Å². The van der Waals surface area contributed by atoms with Crippen LogP contribution in [0.15, 0.2) is 0 Å². The molecule has 1 aliphatic rings. The Hall–Kier alpha value is -0.0800. The van der Waals surface area contributed by atoms with Crippen LogP contribution in [0.25, 0.3) is 0 Å². The van der Waals surface area contributed by atoms with Gasteiger partial charge in [0.2, 0.25) is 0 Å². The van der Waals surface area contributed by atoms with Gasteiger partial charge in [-0.05, 0) is 40.3 Å². The molecule has 0 aromatic heterocycles. The van der Waals surface area contributed by atoms with E-state index in [-0.39, 0.29) is 6.15 Å². The van der Waals surface area contributed by atoms with Crippen molar-refractivity contribution in [1.29, 1.82) is 0 Å². The van der Waals surface area contributed by atoms with Gasteiger partial charge in [-0.15, -0.1) is 0 Å². The normalized spacial score (nSPS) is 25.7. The van der Waals surface area contributed by atoms with E-state index in [1.165, 1.54) is 19.4 Å². The van der Waals surface area contributed by atoms with Gasteiger partial charge in [-0.1, -0.05) is 0 Å². The lowest BCUT2D eigenvalue weighted by Crippen LogP contribution is -2.34. The smallest absolute Gasteiger partial charge is 0.0150 e. The first-order chi connectivity index (χ1) is 3.63. The number of hydrogen-bond donors (Lipinski definition) is 1. The van der Waals surface area contributed by atoms with Crippen molar-refractivity contribution in [3.63, 3.8) is 0 Å². The average Bonchev–Trinajstić information content (AvgIpc) is 1.86. The van der Waals surface area contributed by atoms with E-state index in [4.69, 9.17) is 0 Å². The van der Waals surface area contributed by atoms with Gasteiger partial charge in [0.25, 0.3) is 0 Å². The number of likely N-dealkylation sites (tertiary alicyclic amines) is 1. The molecule has 0 aromatic carbocycles. The van der Waals surface area contributed by atoms with E-state index in [0.29, 0.717) is 5.54 Å². The molecule has 0 radical (unpaired) electrons. The molecule has 3 N–H and O–H groups in total. The summed E-state index contributed by atoms with van der Waals surface area (Å²) in [6.07, 6.45) is 2.74. The predicted molar refractivity (Wildman–Crippen MR) is 41.0 cm³/mol. The second-order valence-corrected chi connectivity index (χ2v) is 3.34. The minimum Gasteiger partial charge on any atom is -0.344 e. The molecule has 0 aromatic rings. The Morgan fingerprint density at radius 3 is 2.00 bits per heavy atom. The van der Waals surface area contributed by atoms with E-state index in [2.05, 4.69) is 25.8 Å². The zero-order chi connectivity index (χ0) is 6.20. The zero-order valence-electron chi connectivity index (χ0n) is 6.78. The molecule has 0 unspecified atom stereocenters. The van der Waals surface area contributed by atoms with E-state index in [1.807, 2.05) is 0 Å². The summed E-state index contributed by atoms with van der Waals surface area (Å²) in [7, 11) is 2.20. The van der Waals surface area contributed by atoms with Crippen molar-refractivity contribution in [2.75, 3.05) is 13.6 Å². The van der Waals surface area contributed by atoms with Gasteiger partial charge in [0.1, 0.15) is 0 Å². The molecule has 1 aliphatic heterocycles. The maximum absolute atomic E-state index is 2.42. The monoisotopic (exact) mass is 130 g/mol. The molecule has 1 heterocycles. The minimum atomic E-state index is 0. The Balaban J connectivity index is 0.000000640. The van der Waals surface area contributed by atoms with Crippen LogP contribution in [0.2, 0.25) is 0 Å². The first-order valence-electron chi connectivity index (χ1n) is 3.34. The molecular weight excluding hydrogens is 112 g/mol. The van der Waals surface area contributed by atoms with Crippen molar-refractivity contribution in [2.45, 2.75) is 32.2 Å². The molecule has 9 heavy (non-hydrogen) atoms. The van der Waals surface area contributed by atoms with E-state index in [1.54, 1.807) is 0 Å². The molecule has 0 atom stereocenters. The van der Waals surface area contributed by atoms with Crippen LogP contribution in [-0.4, -0.2) is 24.0 Å². The Labute approximate surface area is 57.8 Å². The third-order valence-corrected chi connectivity index (χ3v) is 2.32. The highest BCUT2D eigenvalue weighted by molar-refractivity contribution is 4.84. The van der Waals surface area contributed by atoms with Crippen LogP contribution in [-0.2, 0) is 0 Å². The van der Waals surface area contributed by atoms with E-state index in [0.717, 1.165) is 0 Å². The van der Waals surface area contributed by atoms with Crippen LogP contribution >= 0.6 is 0 Å². The summed E-state index contributed by atoms with van der Waals surface area (Å²) < 4.78 is 0. The van der Waals surface area contributed by atoms with Gasteiger partial charge < -0.3 is 11.1 Å². The van der Waals surface area contributed by atoms with Gasteiger partial charge in [0.15, 0.2) is 0 Å². The molecule has 0 saturated carbocycles. The molecule has 0 amide bonds. The van der Waals surface area contributed by atoms with Gasteiger partial charge in [-0.25, -0.2) is 0 Å². The molecule has 2 nitrogen and oxygen atoms in total. The first kappa shape index (κ1) is 8.92. The van der Waals surface area contributed by atoms with Gasteiger partial charge in [-0.2, -0.15) is 0 Å². The summed E-state index contributed by atoms with van der Waals surface area (Å²) in [5.74, 6) is 0. The van der Waals surface area contributed by atoms with Gasteiger partial charge >= 0.3 is 0 Å². The number of hydrogen-bond acceptors (Lipinski definition) is 2. The Kier molecular flexibility index (Phi) is 2.65. The van der Waals surface area contributed by atoms with Crippen LogP contribution in [0, 0.1) is 0 Å². The van der Waals surface area contributed by atoms with Crippen molar-refractivity contribution in [3.8, 4) is 0 Å². The molecule has 1 saturated heterocycles. The second-order valence-electron chi connectivity index (χ2n) is 3.34. The molecule has 1 fully saturated rings. The summed E-state index contributed by atoms with van der Waals surface area (Å²) in [5, 5.41) is 0. The first-order valence-corrected chi connectivity index (χ1v) is 3.34. The average molecular weight is 130 g/mol. The van der Waals surface area contributed by atoms with Crippen molar-refractivity contribution in [3.05, 3.63) is 0 Å². The molecule has 0 spiro atoms. The maximum Gasteiger partial charge on any atom is 0.0150 e. The fraction of sp³-hybridized carbons (Fsp3) is 1.00. The maximum atomic E-state index is 2.42. The van der Waals surface area contributed by atoms with Crippen molar-refractivity contribution in [1.82, 2.24) is 11.1 Å². The Morgan fingerprint density at radius 2 is 1.89 bits per heavy atom.